The van der Waals surface area contributed by atoms with Crippen LogP contribution in [0.2, 0.25) is 0 Å². The van der Waals surface area contributed by atoms with E-state index < -0.39 is 0 Å². The predicted molar refractivity (Wildman–Crippen MR) is 91.6 cm³/mol. The van der Waals surface area contributed by atoms with Gasteiger partial charge in [-0.1, -0.05) is 20.3 Å². The number of fused-ring (bicyclic) bond motifs is 1. The van der Waals surface area contributed by atoms with E-state index in [2.05, 4.69) is 30.0 Å². The maximum absolute atomic E-state index is 12.2. The number of carbonyl (C=O) groups is 1. The molecule has 0 aliphatic heterocycles. The average molecular weight is 326 g/mol. The second kappa shape index (κ2) is 7.75. The van der Waals surface area contributed by atoms with E-state index in [0.29, 0.717) is 5.11 Å². The van der Waals surface area contributed by atoms with Crippen LogP contribution in [-0.4, -0.2) is 17.6 Å². The van der Waals surface area contributed by atoms with Gasteiger partial charge < -0.3 is 5.32 Å². The van der Waals surface area contributed by atoms with Crippen molar-refractivity contribution in [2.75, 3.05) is 6.54 Å². The molecule has 1 aliphatic rings. The Morgan fingerprint density at radius 3 is 3.05 bits per heavy atom. The summed E-state index contributed by atoms with van der Waals surface area (Å²) in [5, 5.41) is 5.49. The maximum Gasteiger partial charge on any atom is 0.270 e. The first-order chi connectivity index (χ1) is 10.1. The molecule has 0 bridgehead atoms. The highest BCUT2D eigenvalue weighted by Gasteiger charge is 2.23. The Kier molecular flexibility index (Phi) is 5.99. The highest BCUT2D eigenvalue weighted by atomic mass is 32.1. The van der Waals surface area contributed by atoms with Crippen molar-refractivity contribution in [1.82, 2.24) is 16.2 Å². The molecule has 0 spiro atoms. The lowest BCUT2D eigenvalue weighted by Gasteiger charge is -2.19. The number of nitrogens with one attached hydrogen (secondary N) is 3. The lowest BCUT2D eigenvalue weighted by molar-refractivity contribution is 0.0943. The van der Waals surface area contributed by atoms with E-state index in [1.54, 1.807) is 11.3 Å². The molecule has 1 aromatic rings. The van der Waals surface area contributed by atoms with Crippen LogP contribution in [0.1, 0.15) is 53.9 Å². The van der Waals surface area contributed by atoms with Crippen LogP contribution in [0.15, 0.2) is 5.38 Å². The van der Waals surface area contributed by atoms with Crippen LogP contribution >= 0.6 is 23.6 Å². The van der Waals surface area contributed by atoms with Gasteiger partial charge in [-0.05, 0) is 49.4 Å². The van der Waals surface area contributed by atoms with Crippen LogP contribution < -0.4 is 16.2 Å². The number of thiophene rings is 1. The predicted octanol–water partition coefficient (Wildman–Crippen LogP) is 2.78. The Labute approximate surface area is 135 Å². The van der Waals surface area contributed by atoms with Gasteiger partial charge in [0.2, 0.25) is 0 Å². The third-order valence-electron chi connectivity index (χ3n) is 3.75. The SMILES string of the molecule is CCCCNC(=S)NNC(=O)c1csc2c1CC[C@@H](C)C2. The number of hydrogen-bond donors (Lipinski definition) is 3. The molecule has 116 valence electrons. The molecular weight excluding hydrogens is 302 g/mol. The Balaban J connectivity index is 1.85. The first-order valence-corrected chi connectivity index (χ1v) is 8.84. The number of unbranched alkanes of at least 4 members (excludes halogenated alkanes) is 1. The summed E-state index contributed by atoms with van der Waals surface area (Å²) >= 11 is 6.82. The van der Waals surface area contributed by atoms with E-state index in [0.717, 1.165) is 50.1 Å². The van der Waals surface area contributed by atoms with Crippen molar-refractivity contribution in [1.29, 1.82) is 0 Å². The summed E-state index contributed by atoms with van der Waals surface area (Å²) in [4.78, 5) is 13.6. The molecule has 0 fully saturated rings. The minimum atomic E-state index is -0.0957. The number of thiocarbonyl (C=S) groups is 1. The minimum Gasteiger partial charge on any atom is -0.361 e. The van der Waals surface area contributed by atoms with E-state index in [1.807, 2.05) is 5.38 Å². The van der Waals surface area contributed by atoms with Gasteiger partial charge in [0.15, 0.2) is 5.11 Å². The molecule has 1 heterocycles. The highest BCUT2D eigenvalue weighted by molar-refractivity contribution is 7.80. The molecule has 1 atom stereocenters. The highest BCUT2D eigenvalue weighted by Crippen LogP contribution is 2.32. The van der Waals surface area contributed by atoms with Crippen LogP contribution in [0.4, 0.5) is 0 Å². The molecule has 1 amide bonds. The first-order valence-electron chi connectivity index (χ1n) is 7.55. The van der Waals surface area contributed by atoms with Crippen LogP contribution in [0.5, 0.6) is 0 Å². The zero-order valence-corrected chi connectivity index (χ0v) is 14.3. The van der Waals surface area contributed by atoms with Gasteiger partial charge in [-0.25, -0.2) is 0 Å². The molecule has 4 nitrogen and oxygen atoms in total. The molecule has 1 aromatic heterocycles. The van der Waals surface area contributed by atoms with Crippen molar-refractivity contribution < 1.29 is 4.79 Å². The van der Waals surface area contributed by atoms with Gasteiger partial charge in [-0.3, -0.25) is 15.6 Å². The number of carbonyl (C=O) groups excluding carboxylic acids is 1. The van der Waals surface area contributed by atoms with E-state index >= 15 is 0 Å². The smallest absolute Gasteiger partial charge is 0.270 e. The number of hydrazine groups is 1. The summed E-state index contributed by atoms with van der Waals surface area (Å²) in [7, 11) is 0. The number of hydrogen-bond acceptors (Lipinski definition) is 3. The second-order valence-electron chi connectivity index (χ2n) is 5.59. The minimum absolute atomic E-state index is 0.0957. The molecule has 6 heteroatoms. The first kappa shape index (κ1) is 16.2. The average Bonchev–Trinajstić information content (AvgIpc) is 2.88. The lowest BCUT2D eigenvalue weighted by atomic mass is 9.88. The number of rotatable bonds is 4. The van der Waals surface area contributed by atoms with Gasteiger partial charge in [-0.2, -0.15) is 0 Å². The summed E-state index contributed by atoms with van der Waals surface area (Å²) in [5.74, 6) is 0.627. The summed E-state index contributed by atoms with van der Waals surface area (Å²) in [6.45, 7) is 5.22. The lowest BCUT2D eigenvalue weighted by Crippen LogP contribution is -2.47. The molecule has 0 saturated carbocycles. The normalized spacial score (nSPS) is 17.0. The Bertz CT molecular complexity index is 513. The van der Waals surface area contributed by atoms with Crippen molar-refractivity contribution in [2.45, 2.75) is 46.0 Å². The van der Waals surface area contributed by atoms with Gasteiger partial charge in [0.25, 0.3) is 5.91 Å². The van der Waals surface area contributed by atoms with E-state index in [1.165, 1.54) is 10.4 Å². The standard InChI is InChI=1S/C15H23N3OS2/c1-3-4-7-16-15(20)18-17-14(19)12-9-21-13-8-10(2)5-6-11(12)13/h9-10H,3-8H2,1-2H3,(H,17,19)(H2,16,18,20)/t10-/m1/s1. The molecule has 0 unspecified atom stereocenters. The topological polar surface area (TPSA) is 53.2 Å². The quantitative estimate of drug-likeness (QED) is 0.453. The van der Waals surface area contributed by atoms with Crippen LogP contribution in [-0.2, 0) is 12.8 Å². The third-order valence-corrected chi connectivity index (χ3v) is 5.05. The van der Waals surface area contributed by atoms with Crippen molar-refractivity contribution in [2.24, 2.45) is 5.92 Å². The van der Waals surface area contributed by atoms with E-state index in [-0.39, 0.29) is 5.91 Å². The van der Waals surface area contributed by atoms with Gasteiger partial charge in [-0.15, -0.1) is 11.3 Å². The monoisotopic (exact) mass is 325 g/mol. The van der Waals surface area contributed by atoms with Gasteiger partial charge in [0.1, 0.15) is 0 Å². The maximum atomic E-state index is 12.2. The summed E-state index contributed by atoms with van der Waals surface area (Å²) in [6, 6.07) is 0. The molecule has 21 heavy (non-hydrogen) atoms. The van der Waals surface area contributed by atoms with Crippen LogP contribution in [0.3, 0.4) is 0 Å². The Morgan fingerprint density at radius 1 is 1.48 bits per heavy atom. The van der Waals surface area contributed by atoms with Gasteiger partial charge >= 0.3 is 0 Å². The van der Waals surface area contributed by atoms with Crippen molar-refractivity contribution in [3.05, 3.63) is 21.4 Å². The van der Waals surface area contributed by atoms with Crippen molar-refractivity contribution in [3.63, 3.8) is 0 Å². The van der Waals surface area contributed by atoms with E-state index in [4.69, 9.17) is 12.2 Å². The fraction of sp³-hybridized carbons (Fsp3) is 0.600. The molecule has 0 aromatic carbocycles. The summed E-state index contributed by atoms with van der Waals surface area (Å²) in [6.07, 6.45) is 5.43. The summed E-state index contributed by atoms with van der Waals surface area (Å²) < 4.78 is 0. The largest absolute Gasteiger partial charge is 0.361 e. The molecule has 2 rings (SSSR count). The molecule has 0 saturated heterocycles. The second-order valence-corrected chi connectivity index (χ2v) is 6.96. The van der Waals surface area contributed by atoms with E-state index in [9.17, 15) is 4.79 Å². The zero-order chi connectivity index (χ0) is 15.2. The third kappa shape index (κ3) is 4.41. The number of amides is 1. The molecule has 3 N–H and O–H groups in total. The Morgan fingerprint density at radius 2 is 2.29 bits per heavy atom. The molecule has 1 aliphatic carbocycles. The van der Waals surface area contributed by atoms with Gasteiger partial charge in [0, 0.05) is 16.8 Å². The van der Waals surface area contributed by atoms with Crippen molar-refractivity contribution in [3.8, 4) is 0 Å². The zero-order valence-electron chi connectivity index (χ0n) is 12.6. The van der Waals surface area contributed by atoms with Gasteiger partial charge in [0.05, 0.1) is 5.56 Å². The summed E-state index contributed by atoms with van der Waals surface area (Å²) in [5.41, 5.74) is 7.48. The fourth-order valence-corrected chi connectivity index (χ4v) is 3.87. The molecular formula is C15H23N3OS2. The fourth-order valence-electron chi connectivity index (χ4n) is 2.47. The molecule has 0 radical (unpaired) electrons. The van der Waals surface area contributed by atoms with Crippen molar-refractivity contribution >= 4 is 34.6 Å². The van der Waals surface area contributed by atoms with Crippen LogP contribution in [0.25, 0.3) is 0 Å². The van der Waals surface area contributed by atoms with Crippen LogP contribution in [0, 0.1) is 5.92 Å². The Hall–Kier alpha value is -1.14.